The van der Waals surface area contributed by atoms with E-state index >= 15 is 0 Å². The molecule has 0 spiro atoms. The van der Waals surface area contributed by atoms with Crippen LogP contribution in [0.3, 0.4) is 0 Å². The van der Waals surface area contributed by atoms with Gasteiger partial charge in [-0.15, -0.1) is 0 Å². The van der Waals surface area contributed by atoms with E-state index in [1.165, 1.54) is 31.0 Å². The average molecular weight is 198 g/mol. The second-order valence-corrected chi connectivity index (χ2v) is 4.02. The van der Waals surface area contributed by atoms with E-state index < -0.39 is 0 Å². The van der Waals surface area contributed by atoms with Crippen LogP contribution in [-0.4, -0.2) is 40.4 Å². The Morgan fingerprint density at radius 3 is 2.92 bits per heavy atom. The maximum Gasteiger partial charge on any atom is 0.202 e. The molecule has 0 aromatic carbocycles. The van der Waals surface area contributed by atoms with Gasteiger partial charge in [-0.2, -0.15) is 4.37 Å². The van der Waals surface area contributed by atoms with Gasteiger partial charge >= 0.3 is 0 Å². The summed E-state index contributed by atoms with van der Waals surface area (Å²) in [4.78, 5) is 6.66. The summed E-state index contributed by atoms with van der Waals surface area (Å²) in [7, 11) is 0. The Morgan fingerprint density at radius 1 is 1.54 bits per heavy atom. The van der Waals surface area contributed by atoms with Gasteiger partial charge in [0.2, 0.25) is 5.13 Å². The maximum atomic E-state index is 4.23. The number of nitrogens with one attached hydrogen (secondary N) is 1. The van der Waals surface area contributed by atoms with Crippen LogP contribution < -0.4 is 5.32 Å². The lowest BCUT2D eigenvalue weighted by atomic mass is 10.2. The second-order valence-electron chi connectivity index (χ2n) is 3.27. The molecule has 2 rings (SSSR count). The lowest BCUT2D eigenvalue weighted by molar-refractivity contribution is 0.189. The molecule has 0 saturated carbocycles. The van der Waals surface area contributed by atoms with Gasteiger partial charge in [-0.05, 0) is 26.4 Å². The van der Waals surface area contributed by atoms with Crippen LogP contribution in [-0.2, 0) is 0 Å². The summed E-state index contributed by atoms with van der Waals surface area (Å²) < 4.78 is 4.10. The quantitative estimate of drug-likeness (QED) is 0.782. The standard InChI is InChI=1S/C8H14N4S/c1-7-10-8(13-11-7)9-3-6-12-4-2-5-12/h2-6H2,1H3,(H,9,10,11). The zero-order valence-corrected chi connectivity index (χ0v) is 8.60. The van der Waals surface area contributed by atoms with Gasteiger partial charge in [-0.25, -0.2) is 4.98 Å². The lowest BCUT2D eigenvalue weighted by Crippen LogP contribution is -2.40. The summed E-state index contributed by atoms with van der Waals surface area (Å²) in [5.41, 5.74) is 0. The molecule has 5 heteroatoms. The van der Waals surface area contributed by atoms with Crippen molar-refractivity contribution in [2.75, 3.05) is 31.5 Å². The van der Waals surface area contributed by atoms with Gasteiger partial charge in [0, 0.05) is 24.6 Å². The molecule has 13 heavy (non-hydrogen) atoms. The van der Waals surface area contributed by atoms with Crippen molar-refractivity contribution >= 4 is 16.7 Å². The number of hydrogen-bond donors (Lipinski definition) is 1. The molecule has 1 aromatic rings. The lowest BCUT2D eigenvalue weighted by Gasteiger charge is -2.30. The van der Waals surface area contributed by atoms with Crippen molar-refractivity contribution in [3.05, 3.63) is 5.82 Å². The Hall–Kier alpha value is -0.680. The monoisotopic (exact) mass is 198 g/mol. The summed E-state index contributed by atoms with van der Waals surface area (Å²) >= 11 is 1.44. The van der Waals surface area contributed by atoms with Crippen LogP contribution in [0.4, 0.5) is 5.13 Å². The summed E-state index contributed by atoms with van der Waals surface area (Å²) in [5, 5.41) is 4.21. The van der Waals surface area contributed by atoms with Crippen LogP contribution in [0.25, 0.3) is 0 Å². The van der Waals surface area contributed by atoms with E-state index in [1.807, 2.05) is 6.92 Å². The molecule has 0 unspecified atom stereocenters. The molecule has 1 aliphatic rings. The van der Waals surface area contributed by atoms with Crippen molar-refractivity contribution in [2.24, 2.45) is 0 Å². The van der Waals surface area contributed by atoms with E-state index in [1.54, 1.807) is 0 Å². The molecule has 1 saturated heterocycles. The van der Waals surface area contributed by atoms with Gasteiger partial charge in [0.05, 0.1) is 0 Å². The van der Waals surface area contributed by atoms with E-state index in [-0.39, 0.29) is 0 Å². The fraction of sp³-hybridized carbons (Fsp3) is 0.750. The smallest absolute Gasteiger partial charge is 0.202 e. The van der Waals surface area contributed by atoms with Crippen LogP contribution in [0.2, 0.25) is 0 Å². The van der Waals surface area contributed by atoms with Crippen LogP contribution in [0.5, 0.6) is 0 Å². The SMILES string of the molecule is Cc1nsc(NCCN2CCC2)n1. The van der Waals surface area contributed by atoms with Gasteiger partial charge < -0.3 is 10.2 Å². The minimum atomic E-state index is 0.858. The average Bonchev–Trinajstić information content (AvgIpc) is 2.42. The van der Waals surface area contributed by atoms with Gasteiger partial charge in [0.15, 0.2) is 0 Å². The molecule has 72 valence electrons. The van der Waals surface area contributed by atoms with Gasteiger partial charge in [0.1, 0.15) is 5.82 Å². The Balaban J connectivity index is 1.67. The normalized spacial score (nSPS) is 17.0. The fourth-order valence-corrected chi connectivity index (χ4v) is 1.89. The number of anilines is 1. The van der Waals surface area contributed by atoms with Gasteiger partial charge in [0.25, 0.3) is 0 Å². The maximum absolute atomic E-state index is 4.23. The van der Waals surface area contributed by atoms with Gasteiger partial charge in [-0.3, -0.25) is 0 Å². The van der Waals surface area contributed by atoms with Crippen molar-refractivity contribution in [3.63, 3.8) is 0 Å². The molecule has 1 aromatic heterocycles. The third kappa shape index (κ3) is 2.38. The molecule has 0 amide bonds. The van der Waals surface area contributed by atoms with E-state index in [2.05, 4.69) is 19.6 Å². The van der Waals surface area contributed by atoms with Crippen LogP contribution in [0.15, 0.2) is 0 Å². The first-order valence-electron chi connectivity index (χ1n) is 4.61. The van der Waals surface area contributed by atoms with E-state index in [0.29, 0.717) is 0 Å². The van der Waals surface area contributed by atoms with Crippen molar-refractivity contribution in [3.8, 4) is 0 Å². The largest absolute Gasteiger partial charge is 0.359 e. The minimum absolute atomic E-state index is 0.858. The molecule has 0 radical (unpaired) electrons. The predicted molar refractivity (Wildman–Crippen MR) is 54.2 cm³/mol. The number of likely N-dealkylation sites (tertiary alicyclic amines) is 1. The topological polar surface area (TPSA) is 41.1 Å². The van der Waals surface area contributed by atoms with E-state index in [4.69, 9.17) is 0 Å². The molecule has 0 aliphatic carbocycles. The summed E-state index contributed by atoms with van der Waals surface area (Å²) in [6.07, 6.45) is 1.36. The first-order valence-corrected chi connectivity index (χ1v) is 5.38. The number of aryl methyl sites for hydroxylation is 1. The highest BCUT2D eigenvalue weighted by atomic mass is 32.1. The predicted octanol–water partition coefficient (Wildman–Crippen LogP) is 0.964. The third-order valence-electron chi connectivity index (χ3n) is 2.18. The molecular weight excluding hydrogens is 184 g/mol. The van der Waals surface area contributed by atoms with Crippen LogP contribution in [0, 0.1) is 6.92 Å². The Morgan fingerprint density at radius 2 is 2.38 bits per heavy atom. The van der Waals surface area contributed by atoms with Crippen molar-refractivity contribution < 1.29 is 0 Å². The van der Waals surface area contributed by atoms with E-state index in [0.717, 1.165) is 24.0 Å². The highest BCUT2D eigenvalue weighted by molar-refractivity contribution is 7.09. The number of aromatic nitrogens is 2. The van der Waals surface area contributed by atoms with Crippen molar-refractivity contribution in [1.29, 1.82) is 0 Å². The molecule has 1 aliphatic heterocycles. The number of rotatable bonds is 4. The Labute approximate surface area is 82.1 Å². The third-order valence-corrected chi connectivity index (χ3v) is 2.94. The second kappa shape index (κ2) is 4.02. The van der Waals surface area contributed by atoms with Crippen molar-refractivity contribution in [2.45, 2.75) is 13.3 Å². The van der Waals surface area contributed by atoms with Crippen LogP contribution >= 0.6 is 11.5 Å². The zero-order chi connectivity index (χ0) is 9.10. The summed E-state index contributed by atoms with van der Waals surface area (Å²) in [6, 6.07) is 0. The molecule has 1 fully saturated rings. The number of nitrogens with zero attached hydrogens (tertiary/aromatic N) is 3. The molecule has 1 N–H and O–H groups in total. The van der Waals surface area contributed by atoms with E-state index in [9.17, 15) is 0 Å². The zero-order valence-electron chi connectivity index (χ0n) is 7.79. The molecule has 0 atom stereocenters. The molecule has 4 nitrogen and oxygen atoms in total. The highest BCUT2D eigenvalue weighted by Crippen LogP contribution is 2.10. The highest BCUT2D eigenvalue weighted by Gasteiger charge is 2.12. The summed E-state index contributed by atoms with van der Waals surface area (Å²) in [5.74, 6) is 0.858. The Kier molecular flexibility index (Phi) is 2.75. The molecule has 2 heterocycles. The Bertz CT molecular complexity index is 269. The number of hydrogen-bond acceptors (Lipinski definition) is 5. The minimum Gasteiger partial charge on any atom is -0.359 e. The molecule has 0 bridgehead atoms. The van der Waals surface area contributed by atoms with Crippen LogP contribution in [0.1, 0.15) is 12.2 Å². The fourth-order valence-electron chi connectivity index (χ4n) is 1.30. The first kappa shape index (κ1) is 8.90. The molecular formula is C8H14N4S. The first-order chi connectivity index (χ1) is 6.34. The summed E-state index contributed by atoms with van der Waals surface area (Å²) in [6.45, 7) is 6.54. The van der Waals surface area contributed by atoms with Crippen molar-refractivity contribution in [1.82, 2.24) is 14.3 Å². The van der Waals surface area contributed by atoms with Gasteiger partial charge in [-0.1, -0.05) is 0 Å².